The zero-order valence-corrected chi connectivity index (χ0v) is 14.4. The highest BCUT2D eigenvalue weighted by atomic mass is 35.5. The normalized spacial score (nSPS) is 11.6. The van der Waals surface area contributed by atoms with E-state index in [0.717, 1.165) is 4.90 Å². The van der Waals surface area contributed by atoms with Gasteiger partial charge in [0.1, 0.15) is 11.1 Å². The van der Waals surface area contributed by atoms with E-state index >= 15 is 0 Å². The Morgan fingerprint density at radius 2 is 1.96 bits per heavy atom. The van der Waals surface area contributed by atoms with Crippen LogP contribution in [0.2, 0.25) is 5.02 Å². The standard InChI is InChI=1S/C17H15ClFNO3S/c1-11(24-15-7-5-12(18)6-8-15)17(22)23-10-16(21)20-14-4-2-3-13(19)9-14/h2-9,11H,10H2,1H3,(H,20,21)/t11-/m1/s1. The number of benzene rings is 2. The Balaban J connectivity index is 1.79. The van der Waals surface area contributed by atoms with E-state index in [4.69, 9.17) is 16.3 Å². The van der Waals surface area contributed by atoms with Gasteiger partial charge in [0.15, 0.2) is 6.61 Å². The highest BCUT2D eigenvalue weighted by Crippen LogP contribution is 2.25. The first-order valence-electron chi connectivity index (χ1n) is 7.08. The number of halogens is 2. The summed E-state index contributed by atoms with van der Waals surface area (Å²) in [5, 5.41) is 2.59. The average molecular weight is 368 g/mol. The minimum Gasteiger partial charge on any atom is -0.455 e. The molecule has 1 amide bonds. The van der Waals surface area contributed by atoms with Gasteiger partial charge in [0.2, 0.25) is 0 Å². The van der Waals surface area contributed by atoms with Gasteiger partial charge in [-0.3, -0.25) is 9.59 Å². The van der Waals surface area contributed by atoms with Gasteiger partial charge >= 0.3 is 5.97 Å². The van der Waals surface area contributed by atoms with Crippen molar-refractivity contribution in [2.75, 3.05) is 11.9 Å². The molecule has 0 saturated heterocycles. The summed E-state index contributed by atoms with van der Waals surface area (Å²) in [6.45, 7) is 1.26. The van der Waals surface area contributed by atoms with Crippen LogP contribution in [0, 0.1) is 5.82 Å². The maximum absolute atomic E-state index is 13.0. The largest absolute Gasteiger partial charge is 0.455 e. The lowest BCUT2D eigenvalue weighted by Crippen LogP contribution is -2.24. The number of hydrogen-bond acceptors (Lipinski definition) is 4. The van der Waals surface area contributed by atoms with E-state index < -0.39 is 29.6 Å². The lowest BCUT2D eigenvalue weighted by Gasteiger charge is -2.11. The fraction of sp³-hybridized carbons (Fsp3) is 0.176. The molecular formula is C17H15ClFNO3S. The van der Waals surface area contributed by atoms with Gasteiger partial charge in [0.25, 0.3) is 5.91 Å². The monoisotopic (exact) mass is 367 g/mol. The zero-order chi connectivity index (χ0) is 17.5. The number of ether oxygens (including phenoxy) is 1. The predicted molar refractivity (Wildman–Crippen MR) is 92.8 cm³/mol. The molecule has 0 aliphatic carbocycles. The maximum atomic E-state index is 13.0. The number of esters is 1. The van der Waals surface area contributed by atoms with Gasteiger partial charge in [-0.2, -0.15) is 0 Å². The first kappa shape index (κ1) is 18.3. The summed E-state index contributed by atoms with van der Waals surface area (Å²) in [5.41, 5.74) is 0.305. The van der Waals surface area contributed by atoms with E-state index in [1.165, 1.54) is 30.0 Å². The van der Waals surface area contributed by atoms with Crippen molar-refractivity contribution in [1.82, 2.24) is 0 Å². The molecule has 0 saturated carbocycles. The summed E-state index contributed by atoms with van der Waals surface area (Å²) in [6, 6.07) is 12.5. The summed E-state index contributed by atoms with van der Waals surface area (Å²) < 4.78 is 18.0. The quantitative estimate of drug-likeness (QED) is 0.615. The van der Waals surface area contributed by atoms with E-state index in [2.05, 4.69) is 5.32 Å². The van der Waals surface area contributed by atoms with Crippen molar-refractivity contribution in [2.24, 2.45) is 0 Å². The Labute approximate surface area is 148 Å². The molecule has 1 atom stereocenters. The first-order chi connectivity index (χ1) is 11.4. The van der Waals surface area contributed by atoms with Crippen molar-refractivity contribution in [3.8, 4) is 0 Å². The number of carbonyl (C=O) groups is 2. The SMILES string of the molecule is C[C@@H](Sc1ccc(Cl)cc1)C(=O)OCC(=O)Nc1cccc(F)c1. The third-order valence-electron chi connectivity index (χ3n) is 2.91. The van der Waals surface area contributed by atoms with Gasteiger partial charge in [0, 0.05) is 15.6 Å². The molecule has 126 valence electrons. The summed E-state index contributed by atoms with van der Waals surface area (Å²) in [5.74, 6) is -1.50. The fourth-order valence-corrected chi connectivity index (χ4v) is 2.77. The molecule has 7 heteroatoms. The smallest absolute Gasteiger partial charge is 0.319 e. The number of carbonyl (C=O) groups excluding carboxylic acids is 2. The molecule has 0 unspecified atom stereocenters. The van der Waals surface area contributed by atoms with Crippen LogP contribution in [0.25, 0.3) is 0 Å². The summed E-state index contributed by atoms with van der Waals surface area (Å²) in [7, 11) is 0. The van der Waals surface area contributed by atoms with Gasteiger partial charge in [-0.25, -0.2) is 4.39 Å². The summed E-state index contributed by atoms with van der Waals surface area (Å²) >= 11 is 7.11. The van der Waals surface area contributed by atoms with Crippen molar-refractivity contribution in [3.63, 3.8) is 0 Å². The molecule has 0 aliphatic rings. The number of thioether (sulfide) groups is 1. The Kier molecular flexibility index (Phi) is 6.63. The topological polar surface area (TPSA) is 55.4 Å². The Hall–Kier alpha value is -2.05. The lowest BCUT2D eigenvalue weighted by atomic mass is 10.3. The van der Waals surface area contributed by atoms with E-state index in [1.54, 1.807) is 37.3 Å². The minimum absolute atomic E-state index is 0.305. The molecule has 1 N–H and O–H groups in total. The van der Waals surface area contributed by atoms with Crippen molar-refractivity contribution >= 4 is 40.9 Å². The molecule has 2 rings (SSSR count). The first-order valence-corrected chi connectivity index (χ1v) is 8.34. The molecule has 24 heavy (non-hydrogen) atoms. The van der Waals surface area contributed by atoms with Crippen LogP contribution in [0.1, 0.15) is 6.92 Å². The van der Waals surface area contributed by atoms with E-state index in [9.17, 15) is 14.0 Å². The van der Waals surface area contributed by atoms with Gasteiger partial charge in [0.05, 0.1) is 0 Å². The van der Waals surface area contributed by atoms with Crippen LogP contribution < -0.4 is 5.32 Å². The van der Waals surface area contributed by atoms with E-state index in [1.807, 2.05) is 0 Å². The number of hydrogen-bond donors (Lipinski definition) is 1. The molecule has 2 aromatic rings. The molecule has 0 fully saturated rings. The second-order valence-corrected chi connectivity index (χ2v) is 6.73. The van der Waals surface area contributed by atoms with E-state index in [-0.39, 0.29) is 0 Å². The summed E-state index contributed by atoms with van der Waals surface area (Å²) in [6.07, 6.45) is 0. The molecule has 0 aromatic heterocycles. The molecule has 0 radical (unpaired) electrons. The number of anilines is 1. The van der Waals surface area contributed by atoms with E-state index in [0.29, 0.717) is 10.7 Å². The molecule has 0 aliphatic heterocycles. The van der Waals surface area contributed by atoms with Crippen molar-refractivity contribution in [1.29, 1.82) is 0 Å². The Morgan fingerprint density at radius 3 is 2.62 bits per heavy atom. The highest BCUT2D eigenvalue weighted by Gasteiger charge is 2.17. The van der Waals surface area contributed by atoms with Crippen LogP contribution in [0.5, 0.6) is 0 Å². The summed E-state index contributed by atoms with van der Waals surface area (Å²) in [4.78, 5) is 24.5. The van der Waals surface area contributed by atoms with Crippen molar-refractivity contribution < 1.29 is 18.7 Å². The maximum Gasteiger partial charge on any atom is 0.319 e. The van der Waals surface area contributed by atoms with Gasteiger partial charge in [-0.05, 0) is 49.4 Å². The zero-order valence-electron chi connectivity index (χ0n) is 12.8. The third kappa shape index (κ3) is 5.86. The fourth-order valence-electron chi connectivity index (χ4n) is 1.78. The van der Waals surface area contributed by atoms with Crippen molar-refractivity contribution in [3.05, 3.63) is 59.4 Å². The minimum atomic E-state index is -0.530. The Morgan fingerprint density at radius 1 is 1.25 bits per heavy atom. The van der Waals surface area contributed by atoms with Crippen LogP contribution in [0.3, 0.4) is 0 Å². The molecule has 2 aromatic carbocycles. The molecule has 0 spiro atoms. The number of amides is 1. The van der Waals surface area contributed by atoms with Crippen LogP contribution in [0.4, 0.5) is 10.1 Å². The second kappa shape index (κ2) is 8.70. The molecule has 0 bridgehead atoms. The number of nitrogens with one attached hydrogen (secondary N) is 1. The van der Waals surface area contributed by atoms with Crippen LogP contribution >= 0.6 is 23.4 Å². The van der Waals surface area contributed by atoms with Crippen LogP contribution in [-0.4, -0.2) is 23.7 Å². The second-order valence-electron chi connectivity index (χ2n) is 4.88. The molecule has 4 nitrogen and oxygen atoms in total. The predicted octanol–water partition coefficient (Wildman–Crippen LogP) is 4.14. The molecular weight excluding hydrogens is 353 g/mol. The average Bonchev–Trinajstić information content (AvgIpc) is 2.54. The van der Waals surface area contributed by atoms with Crippen LogP contribution in [0.15, 0.2) is 53.4 Å². The van der Waals surface area contributed by atoms with Gasteiger partial charge < -0.3 is 10.1 Å². The highest BCUT2D eigenvalue weighted by molar-refractivity contribution is 8.00. The lowest BCUT2D eigenvalue weighted by molar-refractivity contribution is -0.146. The van der Waals surface area contributed by atoms with Crippen LogP contribution in [-0.2, 0) is 14.3 Å². The van der Waals surface area contributed by atoms with Crippen molar-refractivity contribution in [2.45, 2.75) is 17.1 Å². The molecule has 0 heterocycles. The van der Waals surface area contributed by atoms with Gasteiger partial charge in [-0.15, -0.1) is 11.8 Å². The van der Waals surface area contributed by atoms with Gasteiger partial charge in [-0.1, -0.05) is 17.7 Å². The Bertz CT molecular complexity index is 724. The third-order valence-corrected chi connectivity index (χ3v) is 4.25. The number of rotatable bonds is 6.